The van der Waals surface area contributed by atoms with Crippen molar-refractivity contribution < 1.29 is 0 Å². The summed E-state index contributed by atoms with van der Waals surface area (Å²) in [7, 11) is 0. The maximum absolute atomic E-state index is 2.30. The molecule has 0 aliphatic carbocycles. The van der Waals surface area contributed by atoms with Crippen LogP contribution in [0.25, 0.3) is 22.3 Å². The fourth-order valence-corrected chi connectivity index (χ4v) is 2.89. The molecular formula is C22H22. The molecule has 0 atom stereocenters. The normalized spacial score (nSPS) is 10.7. The van der Waals surface area contributed by atoms with Gasteiger partial charge in [0.15, 0.2) is 0 Å². The van der Waals surface area contributed by atoms with E-state index in [2.05, 4.69) is 88.4 Å². The van der Waals surface area contributed by atoms with Crippen LogP contribution < -0.4 is 0 Å². The van der Waals surface area contributed by atoms with E-state index in [-0.39, 0.29) is 0 Å². The number of rotatable bonds is 2. The highest BCUT2D eigenvalue weighted by molar-refractivity contribution is 5.85. The van der Waals surface area contributed by atoms with Crippen molar-refractivity contribution >= 4 is 0 Å². The van der Waals surface area contributed by atoms with Gasteiger partial charge >= 0.3 is 0 Å². The van der Waals surface area contributed by atoms with Crippen LogP contribution in [0.15, 0.2) is 60.7 Å². The van der Waals surface area contributed by atoms with Crippen LogP contribution in [-0.2, 0) is 0 Å². The molecule has 0 fully saturated rings. The number of aryl methyl sites for hydroxylation is 4. The van der Waals surface area contributed by atoms with Crippen molar-refractivity contribution in [3.8, 4) is 22.3 Å². The van der Waals surface area contributed by atoms with Gasteiger partial charge in [0.1, 0.15) is 0 Å². The first kappa shape index (κ1) is 14.6. The summed E-state index contributed by atoms with van der Waals surface area (Å²) in [6, 6.07) is 22.2. The molecule has 0 nitrogen and oxygen atoms in total. The first-order chi connectivity index (χ1) is 10.5. The number of benzene rings is 3. The Labute approximate surface area is 133 Å². The highest BCUT2D eigenvalue weighted by Crippen LogP contribution is 2.35. The largest absolute Gasteiger partial charge is 0.0590 e. The first-order valence-corrected chi connectivity index (χ1v) is 7.80. The van der Waals surface area contributed by atoms with Gasteiger partial charge in [-0.3, -0.25) is 0 Å². The van der Waals surface area contributed by atoms with Crippen LogP contribution in [-0.4, -0.2) is 0 Å². The van der Waals surface area contributed by atoms with Crippen molar-refractivity contribution in [3.05, 3.63) is 82.9 Å². The molecule has 3 aromatic carbocycles. The molecule has 0 N–H and O–H groups in total. The second-order valence-electron chi connectivity index (χ2n) is 6.23. The SMILES string of the molecule is Cc1ccc(-c2ccc(C)cc2-c2cc(C)ccc2C)cc1. The minimum atomic E-state index is 1.28. The third kappa shape index (κ3) is 2.82. The van der Waals surface area contributed by atoms with E-state index in [1.54, 1.807) is 0 Å². The van der Waals surface area contributed by atoms with E-state index in [1.807, 2.05) is 0 Å². The molecule has 0 radical (unpaired) electrons. The monoisotopic (exact) mass is 286 g/mol. The molecule has 0 aromatic heterocycles. The Hall–Kier alpha value is -2.34. The summed E-state index contributed by atoms with van der Waals surface area (Å²) in [6.07, 6.45) is 0. The van der Waals surface area contributed by atoms with E-state index in [0.717, 1.165) is 0 Å². The summed E-state index contributed by atoms with van der Waals surface area (Å²) >= 11 is 0. The fourth-order valence-electron chi connectivity index (χ4n) is 2.89. The first-order valence-electron chi connectivity index (χ1n) is 7.80. The summed E-state index contributed by atoms with van der Waals surface area (Å²) < 4.78 is 0. The Morgan fingerprint density at radius 2 is 1.00 bits per heavy atom. The van der Waals surface area contributed by atoms with Crippen molar-refractivity contribution in [2.45, 2.75) is 27.7 Å². The van der Waals surface area contributed by atoms with Crippen molar-refractivity contribution in [3.63, 3.8) is 0 Å². The lowest BCUT2D eigenvalue weighted by Crippen LogP contribution is -1.90. The number of hydrogen-bond donors (Lipinski definition) is 0. The molecule has 0 aliphatic rings. The molecule has 0 spiro atoms. The predicted molar refractivity (Wildman–Crippen MR) is 96.3 cm³/mol. The maximum Gasteiger partial charge on any atom is -0.0100 e. The Kier molecular flexibility index (Phi) is 3.85. The highest BCUT2D eigenvalue weighted by Gasteiger charge is 2.10. The van der Waals surface area contributed by atoms with Crippen molar-refractivity contribution in [1.29, 1.82) is 0 Å². The van der Waals surface area contributed by atoms with Crippen LogP contribution in [0.3, 0.4) is 0 Å². The van der Waals surface area contributed by atoms with Gasteiger partial charge < -0.3 is 0 Å². The topological polar surface area (TPSA) is 0 Å². The molecule has 0 amide bonds. The average Bonchev–Trinajstić information content (AvgIpc) is 2.51. The van der Waals surface area contributed by atoms with E-state index < -0.39 is 0 Å². The Morgan fingerprint density at radius 3 is 1.68 bits per heavy atom. The molecule has 0 saturated heterocycles. The standard InChI is InChI=1S/C22H22/c1-15-6-10-19(11-7-15)20-12-8-17(3)14-22(20)21-13-16(2)5-9-18(21)4/h5-14H,1-4H3. The maximum atomic E-state index is 2.30. The van der Waals surface area contributed by atoms with E-state index >= 15 is 0 Å². The summed E-state index contributed by atoms with van der Waals surface area (Å²) in [4.78, 5) is 0. The van der Waals surface area contributed by atoms with Gasteiger partial charge in [0.2, 0.25) is 0 Å². The van der Waals surface area contributed by atoms with E-state index in [4.69, 9.17) is 0 Å². The average molecular weight is 286 g/mol. The van der Waals surface area contributed by atoms with Gasteiger partial charge in [0, 0.05) is 0 Å². The van der Waals surface area contributed by atoms with Crippen LogP contribution in [0.5, 0.6) is 0 Å². The third-order valence-electron chi connectivity index (χ3n) is 4.22. The lowest BCUT2D eigenvalue weighted by atomic mass is 9.90. The second kappa shape index (κ2) is 5.81. The van der Waals surface area contributed by atoms with Gasteiger partial charge in [-0.2, -0.15) is 0 Å². The zero-order chi connectivity index (χ0) is 15.7. The van der Waals surface area contributed by atoms with Gasteiger partial charge in [-0.15, -0.1) is 0 Å². The van der Waals surface area contributed by atoms with Crippen LogP contribution in [0.1, 0.15) is 22.3 Å². The van der Waals surface area contributed by atoms with Gasteiger partial charge in [0.05, 0.1) is 0 Å². The summed E-state index contributed by atoms with van der Waals surface area (Å²) in [5.74, 6) is 0. The van der Waals surface area contributed by atoms with Crippen LogP contribution in [0, 0.1) is 27.7 Å². The van der Waals surface area contributed by atoms with Crippen molar-refractivity contribution in [1.82, 2.24) is 0 Å². The second-order valence-corrected chi connectivity index (χ2v) is 6.23. The molecular weight excluding hydrogens is 264 g/mol. The Balaban J connectivity index is 2.24. The lowest BCUT2D eigenvalue weighted by Gasteiger charge is -2.14. The van der Waals surface area contributed by atoms with E-state index in [1.165, 1.54) is 44.5 Å². The summed E-state index contributed by atoms with van der Waals surface area (Å²) in [5, 5.41) is 0. The Morgan fingerprint density at radius 1 is 0.455 bits per heavy atom. The van der Waals surface area contributed by atoms with Crippen LogP contribution in [0.4, 0.5) is 0 Å². The van der Waals surface area contributed by atoms with Gasteiger partial charge in [0.25, 0.3) is 0 Å². The van der Waals surface area contributed by atoms with Gasteiger partial charge in [-0.1, -0.05) is 77.4 Å². The van der Waals surface area contributed by atoms with Gasteiger partial charge in [-0.05, 0) is 55.5 Å². The van der Waals surface area contributed by atoms with Crippen LogP contribution in [0.2, 0.25) is 0 Å². The molecule has 0 bridgehead atoms. The lowest BCUT2D eigenvalue weighted by molar-refractivity contribution is 1.38. The molecule has 0 unspecified atom stereocenters. The van der Waals surface area contributed by atoms with E-state index in [0.29, 0.717) is 0 Å². The van der Waals surface area contributed by atoms with E-state index in [9.17, 15) is 0 Å². The molecule has 0 heteroatoms. The summed E-state index contributed by atoms with van der Waals surface area (Å²) in [5.41, 5.74) is 10.5. The minimum absolute atomic E-state index is 1.28. The molecule has 110 valence electrons. The molecule has 0 heterocycles. The summed E-state index contributed by atoms with van der Waals surface area (Å²) in [6.45, 7) is 8.64. The zero-order valence-electron chi connectivity index (χ0n) is 13.8. The fraction of sp³-hybridized carbons (Fsp3) is 0.182. The predicted octanol–water partition coefficient (Wildman–Crippen LogP) is 6.25. The molecule has 0 saturated carbocycles. The highest BCUT2D eigenvalue weighted by atomic mass is 14.1. The molecule has 3 rings (SSSR count). The van der Waals surface area contributed by atoms with Crippen LogP contribution >= 0.6 is 0 Å². The molecule has 3 aromatic rings. The van der Waals surface area contributed by atoms with Crippen molar-refractivity contribution in [2.24, 2.45) is 0 Å². The minimum Gasteiger partial charge on any atom is -0.0590 e. The number of hydrogen-bond acceptors (Lipinski definition) is 0. The molecule has 22 heavy (non-hydrogen) atoms. The Bertz CT molecular complexity index is 808. The van der Waals surface area contributed by atoms with Crippen molar-refractivity contribution in [2.75, 3.05) is 0 Å². The quantitative estimate of drug-likeness (QED) is 0.522. The zero-order valence-corrected chi connectivity index (χ0v) is 13.8. The smallest absolute Gasteiger partial charge is 0.0100 e. The van der Waals surface area contributed by atoms with Gasteiger partial charge in [-0.25, -0.2) is 0 Å². The third-order valence-corrected chi connectivity index (χ3v) is 4.22. The molecule has 0 aliphatic heterocycles.